The summed E-state index contributed by atoms with van der Waals surface area (Å²) in [6.45, 7) is 3.50. The molecule has 2 aromatic rings. The molecule has 1 N–H and O–H groups in total. The smallest absolute Gasteiger partial charge is 0.274 e. The van der Waals surface area contributed by atoms with Crippen LogP contribution in [-0.2, 0) is 11.2 Å². The molecular formula is C17H18N2O4. The normalized spacial score (nSPS) is 10.2. The average Bonchev–Trinajstić information content (AvgIpc) is 2.55. The number of nitro groups is 1. The van der Waals surface area contributed by atoms with Crippen molar-refractivity contribution in [1.29, 1.82) is 0 Å². The van der Waals surface area contributed by atoms with E-state index in [1.54, 1.807) is 13.0 Å². The maximum atomic E-state index is 11.9. The lowest BCUT2D eigenvalue weighted by molar-refractivity contribution is -0.385. The van der Waals surface area contributed by atoms with Gasteiger partial charge in [0, 0.05) is 6.07 Å². The third-order valence-electron chi connectivity index (χ3n) is 3.48. The third kappa shape index (κ3) is 4.29. The van der Waals surface area contributed by atoms with Crippen LogP contribution in [0.2, 0.25) is 0 Å². The molecule has 0 saturated carbocycles. The minimum absolute atomic E-state index is 0.0288. The Kier molecular flexibility index (Phi) is 5.30. The van der Waals surface area contributed by atoms with Gasteiger partial charge in [-0.1, -0.05) is 25.1 Å². The molecule has 0 radical (unpaired) electrons. The quantitative estimate of drug-likeness (QED) is 0.653. The number of nitrogens with zero attached hydrogens (tertiary/aromatic N) is 1. The van der Waals surface area contributed by atoms with E-state index in [0.29, 0.717) is 17.0 Å². The Morgan fingerprint density at radius 3 is 2.52 bits per heavy atom. The summed E-state index contributed by atoms with van der Waals surface area (Å²) in [4.78, 5) is 22.4. The molecule has 1 amide bonds. The minimum Gasteiger partial charge on any atom is -0.484 e. The molecule has 0 saturated heterocycles. The van der Waals surface area contributed by atoms with E-state index in [-0.39, 0.29) is 18.2 Å². The lowest BCUT2D eigenvalue weighted by Gasteiger charge is -2.10. The summed E-state index contributed by atoms with van der Waals surface area (Å²) in [5, 5.41) is 13.5. The van der Waals surface area contributed by atoms with E-state index < -0.39 is 4.92 Å². The van der Waals surface area contributed by atoms with E-state index in [4.69, 9.17) is 4.74 Å². The topological polar surface area (TPSA) is 81.5 Å². The van der Waals surface area contributed by atoms with Crippen molar-refractivity contribution < 1.29 is 14.5 Å². The summed E-state index contributed by atoms with van der Waals surface area (Å²) in [5.41, 5.74) is 1.99. The zero-order valence-electron chi connectivity index (χ0n) is 13.0. The third-order valence-corrected chi connectivity index (χ3v) is 3.48. The highest BCUT2D eigenvalue weighted by molar-refractivity contribution is 5.93. The molecule has 0 heterocycles. The molecule has 0 spiro atoms. The Hall–Kier alpha value is -2.89. The molecule has 0 bridgehead atoms. The van der Waals surface area contributed by atoms with Crippen molar-refractivity contribution in [3.05, 3.63) is 63.7 Å². The highest BCUT2D eigenvalue weighted by Gasteiger charge is 2.14. The van der Waals surface area contributed by atoms with E-state index in [1.807, 2.05) is 24.3 Å². The Morgan fingerprint density at radius 1 is 1.22 bits per heavy atom. The van der Waals surface area contributed by atoms with Crippen molar-refractivity contribution in [2.45, 2.75) is 20.3 Å². The molecule has 0 aromatic heterocycles. The van der Waals surface area contributed by atoms with Crippen LogP contribution in [0.1, 0.15) is 18.1 Å². The first kappa shape index (κ1) is 16.5. The number of nitrogens with one attached hydrogen (secondary N) is 1. The fourth-order valence-corrected chi connectivity index (χ4v) is 2.11. The van der Waals surface area contributed by atoms with E-state index >= 15 is 0 Å². The van der Waals surface area contributed by atoms with Crippen LogP contribution in [0.4, 0.5) is 11.4 Å². The summed E-state index contributed by atoms with van der Waals surface area (Å²) >= 11 is 0. The summed E-state index contributed by atoms with van der Waals surface area (Å²) < 4.78 is 5.41. The van der Waals surface area contributed by atoms with Crippen molar-refractivity contribution in [3.63, 3.8) is 0 Å². The number of amides is 1. The molecule has 2 aromatic carbocycles. The van der Waals surface area contributed by atoms with Crippen molar-refractivity contribution >= 4 is 17.3 Å². The molecule has 0 atom stereocenters. The first-order valence-corrected chi connectivity index (χ1v) is 7.27. The second-order valence-electron chi connectivity index (χ2n) is 5.04. The second kappa shape index (κ2) is 7.40. The molecule has 120 valence electrons. The number of hydrogen-bond donors (Lipinski definition) is 1. The molecule has 6 nitrogen and oxygen atoms in total. The molecule has 23 heavy (non-hydrogen) atoms. The predicted molar refractivity (Wildman–Crippen MR) is 87.8 cm³/mol. The first-order valence-electron chi connectivity index (χ1n) is 7.27. The maximum absolute atomic E-state index is 11.9. The van der Waals surface area contributed by atoms with Gasteiger partial charge in [-0.15, -0.1) is 0 Å². The van der Waals surface area contributed by atoms with Crippen molar-refractivity contribution in [2.75, 3.05) is 11.9 Å². The van der Waals surface area contributed by atoms with Crippen molar-refractivity contribution in [3.8, 4) is 5.75 Å². The van der Waals surface area contributed by atoms with Gasteiger partial charge >= 0.3 is 0 Å². The van der Waals surface area contributed by atoms with Gasteiger partial charge in [0.25, 0.3) is 11.6 Å². The number of aryl methyl sites for hydroxylation is 1. The molecule has 0 aliphatic heterocycles. The van der Waals surface area contributed by atoms with Crippen LogP contribution in [0.5, 0.6) is 5.75 Å². The number of hydrogen-bond acceptors (Lipinski definition) is 4. The van der Waals surface area contributed by atoms with Crippen molar-refractivity contribution in [1.82, 2.24) is 0 Å². The number of anilines is 1. The SMILES string of the molecule is CCc1ccc(OCC(=O)Nc2cccc([N+](=O)[O-])c2C)cc1. The summed E-state index contributed by atoms with van der Waals surface area (Å²) in [7, 11) is 0. The highest BCUT2D eigenvalue weighted by Crippen LogP contribution is 2.25. The zero-order chi connectivity index (χ0) is 16.8. The fraction of sp³-hybridized carbons (Fsp3) is 0.235. The van der Waals surface area contributed by atoms with Crippen LogP contribution in [0, 0.1) is 17.0 Å². The Morgan fingerprint density at radius 2 is 1.91 bits per heavy atom. The number of benzene rings is 2. The summed E-state index contributed by atoms with van der Waals surface area (Å²) in [6, 6.07) is 12.1. The number of nitro benzene ring substituents is 1. The summed E-state index contributed by atoms with van der Waals surface area (Å²) in [5.74, 6) is 0.237. The summed E-state index contributed by atoms with van der Waals surface area (Å²) in [6.07, 6.45) is 0.937. The van der Waals surface area contributed by atoms with Gasteiger partial charge in [-0.2, -0.15) is 0 Å². The molecule has 2 rings (SSSR count). The Labute approximate surface area is 134 Å². The molecule has 0 fully saturated rings. The monoisotopic (exact) mass is 314 g/mol. The van der Waals surface area contributed by atoms with Gasteiger partial charge in [0.15, 0.2) is 6.61 Å². The number of rotatable bonds is 6. The number of carbonyl (C=O) groups excluding carboxylic acids is 1. The first-order chi connectivity index (χ1) is 11.0. The predicted octanol–water partition coefficient (Wildman–Crippen LogP) is 3.48. The van der Waals surface area contributed by atoms with Gasteiger partial charge in [0.05, 0.1) is 16.2 Å². The van der Waals surface area contributed by atoms with Gasteiger partial charge in [0.2, 0.25) is 0 Å². The standard InChI is InChI=1S/C17H18N2O4/c1-3-13-7-9-14(10-8-13)23-11-17(20)18-15-5-4-6-16(12(15)2)19(21)22/h4-10H,3,11H2,1-2H3,(H,18,20). The van der Waals surface area contributed by atoms with Crippen LogP contribution in [-0.4, -0.2) is 17.4 Å². The fourth-order valence-electron chi connectivity index (χ4n) is 2.11. The van der Waals surface area contributed by atoms with E-state index in [9.17, 15) is 14.9 Å². The van der Waals surface area contributed by atoms with Gasteiger partial charge in [-0.05, 0) is 37.1 Å². The number of carbonyl (C=O) groups is 1. The van der Waals surface area contributed by atoms with Crippen LogP contribution >= 0.6 is 0 Å². The van der Waals surface area contributed by atoms with E-state index in [0.717, 1.165) is 6.42 Å². The van der Waals surface area contributed by atoms with Crippen LogP contribution in [0.25, 0.3) is 0 Å². The van der Waals surface area contributed by atoms with E-state index in [2.05, 4.69) is 12.2 Å². The molecule has 0 aliphatic carbocycles. The van der Waals surface area contributed by atoms with Gasteiger partial charge in [-0.3, -0.25) is 14.9 Å². The Balaban J connectivity index is 1.97. The second-order valence-corrected chi connectivity index (χ2v) is 5.04. The Bertz CT molecular complexity index is 711. The molecule has 6 heteroatoms. The van der Waals surface area contributed by atoms with Crippen LogP contribution in [0.3, 0.4) is 0 Å². The molecular weight excluding hydrogens is 296 g/mol. The van der Waals surface area contributed by atoms with Crippen LogP contribution in [0.15, 0.2) is 42.5 Å². The van der Waals surface area contributed by atoms with Crippen molar-refractivity contribution in [2.24, 2.45) is 0 Å². The average molecular weight is 314 g/mol. The lowest BCUT2D eigenvalue weighted by Crippen LogP contribution is -2.20. The molecule has 0 unspecified atom stereocenters. The van der Waals surface area contributed by atoms with Crippen LogP contribution < -0.4 is 10.1 Å². The maximum Gasteiger partial charge on any atom is 0.274 e. The van der Waals surface area contributed by atoms with Gasteiger partial charge in [0.1, 0.15) is 5.75 Å². The highest BCUT2D eigenvalue weighted by atomic mass is 16.6. The van der Waals surface area contributed by atoms with Gasteiger partial charge < -0.3 is 10.1 Å². The van der Waals surface area contributed by atoms with E-state index in [1.165, 1.54) is 17.7 Å². The lowest BCUT2D eigenvalue weighted by atomic mass is 10.1. The zero-order valence-corrected chi connectivity index (χ0v) is 13.0. The minimum atomic E-state index is -0.475. The largest absolute Gasteiger partial charge is 0.484 e. The number of ether oxygens (including phenoxy) is 1. The van der Waals surface area contributed by atoms with Gasteiger partial charge in [-0.25, -0.2) is 0 Å². The molecule has 0 aliphatic rings.